The van der Waals surface area contributed by atoms with Crippen molar-refractivity contribution in [2.75, 3.05) is 26.8 Å². The third-order valence-electron chi connectivity index (χ3n) is 2.64. The molecule has 0 aliphatic heterocycles. The summed E-state index contributed by atoms with van der Waals surface area (Å²) < 4.78 is 4.89. The molecule has 0 fully saturated rings. The highest BCUT2D eigenvalue weighted by Gasteiger charge is 2.27. The van der Waals surface area contributed by atoms with Gasteiger partial charge in [-0.2, -0.15) is 5.26 Å². The van der Waals surface area contributed by atoms with Crippen molar-refractivity contribution in [1.29, 1.82) is 5.26 Å². The third-order valence-corrected chi connectivity index (χ3v) is 2.92. The zero-order valence-electron chi connectivity index (χ0n) is 11.3. The van der Waals surface area contributed by atoms with Crippen LogP contribution in [0.1, 0.15) is 16.8 Å². The summed E-state index contributed by atoms with van der Waals surface area (Å²) in [7, 11) is 1.47. The zero-order valence-corrected chi connectivity index (χ0v) is 12.0. The Morgan fingerprint density at radius 3 is 2.90 bits per heavy atom. The molecule has 0 saturated carbocycles. The van der Waals surface area contributed by atoms with Crippen LogP contribution in [-0.2, 0) is 4.74 Å². The number of rotatable bonds is 7. The predicted octanol–water partition coefficient (Wildman–Crippen LogP) is 1.65. The molecule has 0 aliphatic rings. The lowest BCUT2D eigenvalue weighted by Crippen LogP contribution is -2.35. The molecule has 0 saturated heterocycles. The molecule has 9 heteroatoms. The number of nitriles is 1. The van der Waals surface area contributed by atoms with Crippen LogP contribution in [0.2, 0.25) is 5.15 Å². The van der Waals surface area contributed by atoms with Crippen LogP contribution in [0.5, 0.6) is 0 Å². The smallest absolute Gasteiger partial charge is 0.319 e. The molecule has 0 unspecified atom stereocenters. The lowest BCUT2D eigenvalue weighted by Gasteiger charge is -2.21. The molecule has 1 rings (SSSR count). The number of ether oxygens (including phenoxy) is 1. The van der Waals surface area contributed by atoms with Crippen LogP contribution in [-0.4, -0.2) is 47.5 Å². The van der Waals surface area contributed by atoms with Crippen molar-refractivity contribution in [1.82, 2.24) is 9.88 Å². The maximum Gasteiger partial charge on any atom is 0.319 e. The quantitative estimate of drug-likeness (QED) is 0.430. The number of nitrogens with zero attached hydrogens (tertiary/aromatic N) is 4. The first-order valence-electron chi connectivity index (χ1n) is 5.97. The predicted molar refractivity (Wildman–Crippen MR) is 73.9 cm³/mol. The number of nitro groups is 1. The standard InChI is InChI=1S/C12H13ClN4O4/c1-21-8-7-16(6-2-4-14)12(18)9-3-5-15-11(13)10(9)17(19)20/h3,5H,2,6-8H2,1H3. The fourth-order valence-electron chi connectivity index (χ4n) is 1.65. The van der Waals surface area contributed by atoms with Crippen molar-refractivity contribution >= 4 is 23.2 Å². The number of pyridine rings is 1. The van der Waals surface area contributed by atoms with E-state index in [1.807, 2.05) is 6.07 Å². The van der Waals surface area contributed by atoms with E-state index in [0.29, 0.717) is 0 Å². The number of amides is 1. The molecule has 1 aromatic heterocycles. The van der Waals surface area contributed by atoms with Gasteiger partial charge in [-0.25, -0.2) is 4.98 Å². The van der Waals surface area contributed by atoms with Crippen molar-refractivity contribution in [3.05, 3.63) is 33.1 Å². The molecule has 0 spiro atoms. The Kier molecular flexibility index (Phi) is 6.52. The number of methoxy groups -OCH3 is 1. The van der Waals surface area contributed by atoms with Gasteiger partial charge in [0.15, 0.2) is 0 Å². The van der Waals surface area contributed by atoms with Gasteiger partial charge in [0.2, 0.25) is 5.15 Å². The Bertz CT molecular complexity index is 573. The molecule has 8 nitrogen and oxygen atoms in total. The molecule has 0 aromatic carbocycles. The van der Waals surface area contributed by atoms with Gasteiger partial charge in [0.05, 0.1) is 24.0 Å². The first-order valence-corrected chi connectivity index (χ1v) is 6.34. The van der Waals surface area contributed by atoms with E-state index in [4.69, 9.17) is 21.6 Å². The number of halogens is 1. The second kappa shape index (κ2) is 8.14. The van der Waals surface area contributed by atoms with Crippen molar-refractivity contribution in [2.24, 2.45) is 0 Å². The minimum absolute atomic E-state index is 0.113. The summed E-state index contributed by atoms with van der Waals surface area (Å²) in [5, 5.41) is 19.3. The summed E-state index contributed by atoms with van der Waals surface area (Å²) in [5.74, 6) is -0.585. The van der Waals surface area contributed by atoms with E-state index in [2.05, 4.69) is 4.98 Å². The molecule has 1 aromatic rings. The van der Waals surface area contributed by atoms with Gasteiger partial charge in [0, 0.05) is 26.4 Å². The topological polar surface area (TPSA) is 109 Å². The number of carbonyl (C=O) groups excluding carboxylic acids is 1. The molecular weight excluding hydrogens is 300 g/mol. The fourth-order valence-corrected chi connectivity index (χ4v) is 1.87. The molecule has 21 heavy (non-hydrogen) atoms. The number of hydrogen-bond donors (Lipinski definition) is 0. The van der Waals surface area contributed by atoms with Crippen LogP contribution >= 0.6 is 11.6 Å². The first-order chi connectivity index (χ1) is 10.0. The van der Waals surface area contributed by atoms with Crippen LogP contribution in [0.25, 0.3) is 0 Å². The van der Waals surface area contributed by atoms with Gasteiger partial charge in [-0.05, 0) is 6.07 Å². The minimum atomic E-state index is -0.749. The third kappa shape index (κ3) is 4.37. The highest BCUT2D eigenvalue weighted by Crippen LogP contribution is 2.27. The maximum absolute atomic E-state index is 12.4. The maximum atomic E-state index is 12.4. The molecule has 1 heterocycles. The van der Waals surface area contributed by atoms with Crippen LogP contribution in [0.15, 0.2) is 12.3 Å². The van der Waals surface area contributed by atoms with E-state index >= 15 is 0 Å². The zero-order chi connectivity index (χ0) is 15.8. The summed E-state index contributed by atoms with van der Waals surface area (Å²) >= 11 is 5.68. The van der Waals surface area contributed by atoms with Gasteiger partial charge < -0.3 is 9.64 Å². The van der Waals surface area contributed by atoms with Gasteiger partial charge >= 0.3 is 5.69 Å². The molecule has 0 atom stereocenters. The molecule has 0 radical (unpaired) electrons. The first kappa shape index (κ1) is 16.8. The summed E-state index contributed by atoms with van der Waals surface area (Å²) in [6.45, 7) is 0.619. The second-order valence-corrected chi connectivity index (χ2v) is 4.31. The minimum Gasteiger partial charge on any atom is -0.383 e. The van der Waals surface area contributed by atoms with Crippen molar-refractivity contribution < 1.29 is 14.5 Å². The van der Waals surface area contributed by atoms with Crippen LogP contribution in [0.3, 0.4) is 0 Å². The van der Waals surface area contributed by atoms with Crippen LogP contribution < -0.4 is 0 Å². The van der Waals surface area contributed by atoms with Crippen molar-refractivity contribution in [3.63, 3.8) is 0 Å². The Hall–Kier alpha value is -2.24. The number of carbonyl (C=O) groups is 1. The SMILES string of the molecule is COCCN(CCC#N)C(=O)c1ccnc(Cl)c1[N+](=O)[O-]. The van der Waals surface area contributed by atoms with Crippen LogP contribution in [0, 0.1) is 21.4 Å². The summed E-state index contributed by atoms with van der Waals surface area (Å²) in [4.78, 5) is 27.6. The highest BCUT2D eigenvalue weighted by molar-refractivity contribution is 6.32. The monoisotopic (exact) mass is 312 g/mol. The highest BCUT2D eigenvalue weighted by atomic mass is 35.5. The Morgan fingerprint density at radius 2 is 2.33 bits per heavy atom. The Morgan fingerprint density at radius 1 is 1.62 bits per heavy atom. The molecule has 0 N–H and O–H groups in total. The van der Waals surface area contributed by atoms with E-state index < -0.39 is 16.5 Å². The molecule has 0 bridgehead atoms. The van der Waals surface area contributed by atoms with E-state index in [0.717, 1.165) is 0 Å². The second-order valence-electron chi connectivity index (χ2n) is 3.95. The molecule has 112 valence electrons. The molecular formula is C12H13ClN4O4. The van der Waals surface area contributed by atoms with Gasteiger partial charge in [-0.3, -0.25) is 14.9 Å². The van der Waals surface area contributed by atoms with Gasteiger partial charge in [0.25, 0.3) is 5.91 Å². The van der Waals surface area contributed by atoms with Gasteiger partial charge in [-0.1, -0.05) is 11.6 Å². The molecule has 1 amide bonds. The van der Waals surface area contributed by atoms with E-state index in [1.54, 1.807) is 0 Å². The van der Waals surface area contributed by atoms with E-state index in [1.165, 1.54) is 24.3 Å². The number of aromatic nitrogens is 1. The Labute approximate surface area is 126 Å². The van der Waals surface area contributed by atoms with Crippen molar-refractivity contribution in [2.45, 2.75) is 6.42 Å². The largest absolute Gasteiger partial charge is 0.383 e. The number of hydrogen-bond acceptors (Lipinski definition) is 6. The van der Waals surface area contributed by atoms with E-state index in [9.17, 15) is 14.9 Å². The lowest BCUT2D eigenvalue weighted by atomic mass is 10.2. The average Bonchev–Trinajstić information content (AvgIpc) is 2.46. The summed E-state index contributed by atoms with van der Waals surface area (Å²) in [5.41, 5.74) is -0.697. The summed E-state index contributed by atoms with van der Waals surface area (Å²) in [6, 6.07) is 3.16. The van der Waals surface area contributed by atoms with Gasteiger partial charge in [0.1, 0.15) is 5.56 Å². The van der Waals surface area contributed by atoms with Crippen LogP contribution in [0.4, 0.5) is 5.69 Å². The Balaban J connectivity index is 3.11. The normalized spacial score (nSPS) is 9.95. The summed E-state index contributed by atoms with van der Waals surface area (Å²) in [6.07, 6.45) is 1.34. The average molecular weight is 313 g/mol. The lowest BCUT2D eigenvalue weighted by molar-refractivity contribution is -0.385. The molecule has 0 aliphatic carbocycles. The van der Waals surface area contributed by atoms with Gasteiger partial charge in [-0.15, -0.1) is 0 Å². The fraction of sp³-hybridized carbons (Fsp3) is 0.417. The van der Waals surface area contributed by atoms with Crippen molar-refractivity contribution in [3.8, 4) is 6.07 Å². The van der Waals surface area contributed by atoms with E-state index in [-0.39, 0.29) is 36.8 Å².